The Morgan fingerprint density at radius 2 is 0.569 bits per heavy atom. The van der Waals surface area contributed by atoms with Crippen LogP contribution in [0, 0.1) is 0 Å². The van der Waals surface area contributed by atoms with Crippen molar-refractivity contribution in [2.24, 2.45) is 0 Å². The van der Waals surface area contributed by atoms with E-state index in [9.17, 15) is 0 Å². The molecule has 10 aromatic carbocycles. The number of hydrogen-bond donors (Lipinski definition) is 0. The van der Waals surface area contributed by atoms with Crippen molar-refractivity contribution in [3.05, 3.63) is 243 Å². The molecule has 0 fully saturated rings. The average molecular weight is 741 g/mol. The van der Waals surface area contributed by atoms with Crippen LogP contribution in [0.1, 0.15) is 0 Å². The van der Waals surface area contributed by atoms with Gasteiger partial charge in [-0.3, -0.25) is 0 Å². The summed E-state index contributed by atoms with van der Waals surface area (Å²) in [6.45, 7) is 0. The Labute approximate surface area is 340 Å². The van der Waals surface area contributed by atoms with Gasteiger partial charge in [0, 0.05) is 33.5 Å². The van der Waals surface area contributed by atoms with Crippen molar-refractivity contribution < 1.29 is 0 Å². The number of anilines is 6. The molecule has 0 aliphatic rings. The summed E-state index contributed by atoms with van der Waals surface area (Å²) in [5.41, 5.74) is 13.7. The molecule has 2 heteroatoms. The van der Waals surface area contributed by atoms with Crippen molar-refractivity contribution >= 4 is 55.7 Å². The number of rotatable bonds is 9. The third-order valence-electron chi connectivity index (χ3n) is 11.0. The van der Waals surface area contributed by atoms with Gasteiger partial charge >= 0.3 is 0 Å². The molecule has 0 aliphatic heterocycles. The Bertz CT molecular complexity index is 2780. The minimum Gasteiger partial charge on any atom is -0.310 e. The van der Waals surface area contributed by atoms with Crippen LogP contribution in [0.4, 0.5) is 34.1 Å². The molecule has 10 rings (SSSR count). The second-order valence-electron chi connectivity index (χ2n) is 14.5. The molecule has 274 valence electrons. The molecule has 0 aliphatic carbocycles. The van der Waals surface area contributed by atoms with Crippen molar-refractivity contribution in [1.82, 2.24) is 0 Å². The highest BCUT2D eigenvalue weighted by Crippen LogP contribution is 2.47. The Morgan fingerprint density at radius 3 is 0.983 bits per heavy atom. The van der Waals surface area contributed by atoms with Crippen LogP contribution in [0.15, 0.2) is 243 Å². The lowest BCUT2D eigenvalue weighted by Gasteiger charge is -2.29. The Kier molecular flexibility index (Phi) is 9.27. The fourth-order valence-corrected chi connectivity index (χ4v) is 8.34. The molecule has 58 heavy (non-hydrogen) atoms. The van der Waals surface area contributed by atoms with Gasteiger partial charge in [-0.25, -0.2) is 0 Å². The Balaban J connectivity index is 1.20. The molecule has 0 bridgehead atoms. The zero-order chi connectivity index (χ0) is 38.7. The van der Waals surface area contributed by atoms with Gasteiger partial charge < -0.3 is 9.80 Å². The Morgan fingerprint density at radius 1 is 0.224 bits per heavy atom. The second-order valence-corrected chi connectivity index (χ2v) is 14.5. The van der Waals surface area contributed by atoms with Gasteiger partial charge in [0.05, 0.1) is 11.4 Å². The van der Waals surface area contributed by atoms with Gasteiger partial charge in [-0.2, -0.15) is 0 Å². The van der Waals surface area contributed by atoms with Crippen LogP contribution < -0.4 is 9.80 Å². The normalized spacial score (nSPS) is 11.1. The topological polar surface area (TPSA) is 6.48 Å². The highest BCUT2D eigenvalue weighted by atomic mass is 15.1. The lowest BCUT2D eigenvalue weighted by Crippen LogP contribution is -2.11. The van der Waals surface area contributed by atoms with Gasteiger partial charge in [-0.15, -0.1) is 0 Å². The van der Waals surface area contributed by atoms with E-state index in [2.05, 4.69) is 252 Å². The minimum atomic E-state index is 1.09. The van der Waals surface area contributed by atoms with E-state index in [0.717, 1.165) is 56.4 Å². The fraction of sp³-hybridized carbons (Fsp3) is 0. The van der Waals surface area contributed by atoms with Gasteiger partial charge in [0.2, 0.25) is 0 Å². The van der Waals surface area contributed by atoms with Crippen LogP contribution in [-0.4, -0.2) is 0 Å². The van der Waals surface area contributed by atoms with E-state index in [0.29, 0.717) is 0 Å². The molecule has 2 nitrogen and oxygen atoms in total. The summed E-state index contributed by atoms with van der Waals surface area (Å²) in [6.07, 6.45) is 0. The molecule has 0 amide bonds. The SMILES string of the molecule is c1ccc(-c2cc(N(c3ccccc3)c3cccc4ccccc34)ccc2-c2ccc(N(c3ccccc3)c3cccc4ccccc34)cc2-c2ccccc2)cc1. The minimum absolute atomic E-state index is 1.09. The first kappa shape index (κ1) is 34.8. The summed E-state index contributed by atoms with van der Waals surface area (Å²) in [6, 6.07) is 87.4. The van der Waals surface area contributed by atoms with Gasteiger partial charge in [-0.05, 0) is 105 Å². The molecular formula is C56H40N2. The summed E-state index contributed by atoms with van der Waals surface area (Å²) in [5.74, 6) is 0. The van der Waals surface area contributed by atoms with Crippen LogP contribution in [0.25, 0.3) is 54.9 Å². The maximum Gasteiger partial charge on any atom is 0.0540 e. The highest BCUT2D eigenvalue weighted by Gasteiger charge is 2.22. The zero-order valence-corrected chi connectivity index (χ0v) is 32.0. The largest absolute Gasteiger partial charge is 0.310 e. The van der Waals surface area contributed by atoms with Crippen molar-refractivity contribution in [2.45, 2.75) is 0 Å². The number of hydrogen-bond acceptors (Lipinski definition) is 2. The first-order valence-corrected chi connectivity index (χ1v) is 19.9. The molecule has 0 heterocycles. The van der Waals surface area contributed by atoms with Gasteiger partial charge in [-0.1, -0.05) is 182 Å². The maximum atomic E-state index is 2.39. The van der Waals surface area contributed by atoms with Crippen LogP contribution >= 0.6 is 0 Å². The van der Waals surface area contributed by atoms with Crippen molar-refractivity contribution in [1.29, 1.82) is 0 Å². The standard InChI is InChI=1S/C56H40N2/c1-5-19-43(20-6-1)53-39-47(57(45-27-9-3-10-28-45)55-33-17-25-41-23-13-15-31-49(41)55)35-37-51(53)52-38-36-48(40-54(52)44-21-7-2-8-22-44)58(46-29-11-4-12-30-46)56-34-18-26-42-24-14-16-32-50(42)56/h1-40H. The molecule has 0 N–H and O–H groups in total. The van der Waals surface area contributed by atoms with Gasteiger partial charge in [0.25, 0.3) is 0 Å². The molecular weight excluding hydrogens is 701 g/mol. The third kappa shape index (κ3) is 6.57. The molecule has 10 aromatic rings. The second kappa shape index (κ2) is 15.5. The third-order valence-corrected chi connectivity index (χ3v) is 11.0. The van der Waals surface area contributed by atoms with E-state index >= 15 is 0 Å². The smallest absolute Gasteiger partial charge is 0.0540 e. The zero-order valence-electron chi connectivity index (χ0n) is 32.0. The van der Waals surface area contributed by atoms with E-state index in [1.54, 1.807) is 0 Å². The van der Waals surface area contributed by atoms with E-state index < -0.39 is 0 Å². The number of fused-ring (bicyclic) bond motifs is 2. The summed E-state index contributed by atoms with van der Waals surface area (Å²) < 4.78 is 0. The summed E-state index contributed by atoms with van der Waals surface area (Å²) >= 11 is 0. The maximum absolute atomic E-state index is 2.39. The number of para-hydroxylation sites is 2. The number of nitrogens with zero attached hydrogens (tertiary/aromatic N) is 2. The molecule has 0 unspecified atom stereocenters. The van der Waals surface area contributed by atoms with Gasteiger partial charge in [0.15, 0.2) is 0 Å². The highest BCUT2D eigenvalue weighted by molar-refractivity contribution is 6.02. The van der Waals surface area contributed by atoms with Crippen LogP contribution in [0.3, 0.4) is 0 Å². The molecule has 0 saturated heterocycles. The van der Waals surface area contributed by atoms with E-state index in [4.69, 9.17) is 0 Å². The van der Waals surface area contributed by atoms with Crippen molar-refractivity contribution in [3.8, 4) is 33.4 Å². The van der Waals surface area contributed by atoms with Gasteiger partial charge in [0.1, 0.15) is 0 Å². The van der Waals surface area contributed by atoms with E-state index in [1.165, 1.54) is 32.7 Å². The predicted molar refractivity (Wildman–Crippen MR) is 247 cm³/mol. The lowest BCUT2D eigenvalue weighted by molar-refractivity contribution is 1.29. The predicted octanol–water partition coefficient (Wildman–Crippen LogP) is 15.9. The molecule has 0 radical (unpaired) electrons. The summed E-state index contributed by atoms with van der Waals surface area (Å²) in [5, 5.41) is 4.83. The first-order chi connectivity index (χ1) is 28.8. The quantitative estimate of drug-likeness (QED) is 0.145. The van der Waals surface area contributed by atoms with Crippen molar-refractivity contribution in [3.63, 3.8) is 0 Å². The van der Waals surface area contributed by atoms with Crippen LogP contribution in [0.2, 0.25) is 0 Å². The van der Waals surface area contributed by atoms with E-state index in [-0.39, 0.29) is 0 Å². The fourth-order valence-electron chi connectivity index (χ4n) is 8.34. The monoisotopic (exact) mass is 740 g/mol. The molecule has 0 spiro atoms. The summed E-state index contributed by atoms with van der Waals surface area (Å²) in [4.78, 5) is 4.78. The molecule has 0 atom stereocenters. The van der Waals surface area contributed by atoms with Crippen molar-refractivity contribution in [2.75, 3.05) is 9.80 Å². The first-order valence-electron chi connectivity index (χ1n) is 19.9. The summed E-state index contributed by atoms with van der Waals surface area (Å²) in [7, 11) is 0. The van der Waals surface area contributed by atoms with Crippen LogP contribution in [0.5, 0.6) is 0 Å². The molecule has 0 aromatic heterocycles. The van der Waals surface area contributed by atoms with Crippen LogP contribution in [-0.2, 0) is 0 Å². The lowest BCUT2D eigenvalue weighted by atomic mass is 9.88. The average Bonchev–Trinajstić information content (AvgIpc) is 3.31. The molecule has 0 saturated carbocycles. The number of benzene rings is 10. The Hall–Kier alpha value is -7.68. The van der Waals surface area contributed by atoms with E-state index in [1.807, 2.05) is 0 Å².